The number of cyclic esters (lactones) is 1. The van der Waals surface area contributed by atoms with Crippen molar-refractivity contribution in [2.24, 2.45) is 29.1 Å². The van der Waals surface area contributed by atoms with E-state index in [0.717, 1.165) is 43.7 Å². The van der Waals surface area contributed by atoms with Crippen molar-refractivity contribution in [3.8, 4) is 0 Å². The molecule has 0 aromatic carbocycles. The highest BCUT2D eigenvalue weighted by Crippen LogP contribution is 2.64. The third kappa shape index (κ3) is 2.47. The van der Waals surface area contributed by atoms with Crippen molar-refractivity contribution < 1.29 is 9.53 Å². The van der Waals surface area contributed by atoms with Gasteiger partial charge in [-0.15, -0.1) is 0 Å². The van der Waals surface area contributed by atoms with Crippen LogP contribution in [0.25, 0.3) is 0 Å². The Kier molecular flexibility index (Phi) is 3.24. The van der Waals surface area contributed by atoms with Gasteiger partial charge < -0.3 is 9.64 Å². The van der Waals surface area contributed by atoms with Gasteiger partial charge in [0.15, 0.2) is 0 Å². The van der Waals surface area contributed by atoms with Crippen LogP contribution in [0.15, 0.2) is 0 Å². The number of carbonyl (C=O) groups is 1. The Balaban J connectivity index is 1.37. The molecule has 0 N–H and O–H groups in total. The number of rotatable bonds is 4. The maximum atomic E-state index is 12.3. The Morgan fingerprint density at radius 2 is 1.95 bits per heavy atom. The summed E-state index contributed by atoms with van der Waals surface area (Å²) >= 11 is 0. The molecule has 0 radical (unpaired) electrons. The van der Waals surface area contributed by atoms with E-state index in [-0.39, 0.29) is 12.2 Å². The maximum Gasteiger partial charge on any atom is 0.410 e. The first-order chi connectivity index (χ1) is 10.0. The normalized spacial score (nSPS) is 44.7. The molecule has 4 bridgehead atoms. The van der Waals surface area contributed by atoms with E-state index in [4.69, 9.17) is 4.74 Å². The van der Waals surface area contributed by atoms with E-state index in [0.29, 0.717) is 11.3 Å². The van der Waals surface area contributed by atoms with Crippen LogP contribution in [0.2, 0.25) is 0 Å². The van der Waals surface area contributed by atoms with Gasteiger partial charge in [-0.25, -0.2) is 4.79 Å². The average molecular weight is 291 g/mol. The molecule has 21 heavy (non-hydrogen) atoms. The van der Waals surface area contributed by atoms with Crippen molar-refractivity contribution in [2.45, 2.75) is 64.9 Å². The Labute approximate surface area is 128 Å². The second-order valence-corrected chi connectivity index (χ2v) is 8.82. The first kappa shape index (κ1) is 13.9. The zero-order chi connectivity index (χ0) is 14.6. The van der Waals surface area contributed by atoms with Crippen molar-refractivity contribution >= 4 is 6.09 Å². The summed E-state index contributed by atoms with van der Waals surface area (Å²) in [6.07, 6.45) is 9.25. The summed E-state index contributed by atoms with van der Waals surface area (Å²) in [6, 6.07) is 0. The first-order valence-electron chi connectivity index (χ1n) is 8.98. The predicted molar refractivity (Wildman–Crippen MR) is 81.9 cm³/mol. The maximum absolute atomic E-state index is 12.3. The van der Waals surface area contributed by atoms with Crippen LogP contribution in [0.3, 0.4) is 0 Å². The molecule has 1 aliphatic heterocycles. The van der Waals surface area contributed by atoms with E-state index in [1.54, 1.807) is 0 Å². The van der Waals surface area contributed by atoms with Crippen LogP contribution in [-0.2, 0) is 4.74 Å². The van der Waals surface area contributed by atoms with Crippen LogP contribution in [-0.4, -0.2) is 30.2 Å². The van der Waals surface area contributed by atoms with E-state index < -0.39 is 0 Å². The van der Waals surface area contributed by atoms with Crippen LogP contribution in [0.1, 0.15) is 58.8 Å². The van der Waals surface area contributed by atoms with Crippen molar-refractivity contribution in [1.29, 1.82) is 0 Å². The van der Waals surface area contributed by atoms with Gasteiger partial charge in [0.1, 0.15) is 6.10 Å². The number of nitrogens with zero attached hydrogens (tertiary/aromatic N) is 1. The van der Waals surface area contributed by atoms with Crippen LogP contribution >= 0.6 is 0 Å². The van der Waals surface area contributed by atoms with Gasteiger partial charge in [0.2, 0.25) is 0 Å². The lowest BCUT2D eigenvalue weighted by Crippen LogP contribution is -2.48. The van der Waals surface area contributed by atoms with Crippen LogP contribution in [0, 0.1) is 29.1 Å². The van der Waals surface area contributed by atoms with Crippen LogP contribution in [0.4, 0.5) is 4.79 Å². The summed E-state index contributed by atoms with van der Waals surface area (Å²) in [5, 5.41) is 0. The number of amides is 1. The Morgan fingerprint density at radius 1 is 1.24 bits per heavy atom. The highest BCUT2D eigenvalue weighted by Gasteiger charge is 2.56. The van der Waals surface area contributed by atoms with Crippen molar-refractivity contribution in [1.82, 2.24) is 4.90 Å². The van der Waals surface area contributed by atoms with Gasteiger partial charge >= 0.3 is 6.09 Å². The topological polar surface area (TPSA) is 29.5 Å². The second kappa shape index (κ2) is 4.89. The molecule has 3 nitrogen and oxygen atoms in total. The summed E-state index contributed by atoms with van der Waals surface area (Å²) in [6.45, 7) is 6.29. The molecule has 3 heteroatoms. The molecule has 0 aromatic heterocycles. The van der Waals surface area contributed by atoms with Gasteiger partial charge in [0.25, 0.3) is 0 Å². The van der Waals surface area contributed by atoms with Crippen molar-refractivity contribution in [2.75, 3.05) is 13.1 Å². The molecule has 1 saturated heterocycles. The molecular weight excluding hydrogens is 262 g/mol. The van der Waals surface area contributed by atoms with Gasteiger partial charge in [-0.05, 0) is 67.6 Å². The molecule has 1 amide bonds. The molecule has 4 saturated carbocycles. The Morgan fingerprint density at radius 3 is 2.52 bits per heavy atom. The standard InChI is InChI=1S/C18H29NO2/c1-12(2)5-16-3-4-19(17(20)21-16)11-18-8-13-6-14(9-18)15(7-13)10-18/h12-16H,3-11H2,1-2H3. The largest absolute Gasteiger partial charge is 0.446 e. The molecule has 3 atom stereocenters. The van der Waals surface area contributed by atoms with Crippen molar-refractivity contribution in [3.05, 3.63) is 0 Å². The van der Waals surface area contributed by atoms with Gasteiger partial charge in [-0.1, -0.05) is 13.8 Å². The van der Waals surface area contributed by atoms with E-state index >= 15 is 0 Å². The van der Waals surface area contributed by atoms with Gasteiger partial charge in [-0.3, -0.25) is 0 Å². The number of ether oxygens (including phenoxy) is 1. The SMILES string of the molecule is CC(C)CC1CCN(CC23CC4CC(C2)C(C4)C3)C(=O)O1. The summed E-state index contributed by atoms with van der Waals surface area (Å²) in [5.41, 5.74) is 0.459. The number of hydrogen-bond acceptors (Lipinski definition) is 2. The minimum absolute atomic E-state index is 0.0380. The quantitative estimate of drug-likeness (QED) is 0.781. The minimum Gasteiger partial charge on any atom is -0.446 e. The molecule has 0 spiro atoms. The molecule has 5 aliphatic rings. The second-order valence-electron chi connectivity index (χ2n) is 8.82. The molecule has 5 rings (SSSR count). The molecule has 3 unspecified atom stereocenters. The van der Waals surface area contributed by atoms with E-state index in [9.17, 15) is 4.79 Å². The molecular formula is C18H29NO2. The average Bonchev–Trinajstić information content (AvgIpc) is 2.80. The molecule has 118 valence electrons. The zero-order valence-corrected chi connectivity index (χ0v) is 13.5. The Bertz CT molecular complexity index is 413. The lowest BCUT2D eigenvalue weighted by Gasteiger charge is -2.43. The summed E-state index contributed by atoms with van der Waals surface area (Å²) in [7, 11) is 0. The molecule has 5 fully saturated rings. The van der Waals surface area contributed by atoms with E-state index in [1.165, 1.54) is 32.1 Å². The lowest BCUT2D eigenvalue weighted by atomic mass is 9.69. The highest BCUT2D eigenvalue weighted by atomic mass is 16.6. The van der Waals surface area contributed by atoms with E-state index in [2.05, 4.69) is 13.8 Å². The smallest absolute Gasteiger partial charge is 0.410 e. The summed E-state index contributed by atoms with van der Waals surface area (Å²) in [4.78, 5) is 14.4. The third-order valence-corrected chi connectivity index (χ3v) is 6.56. The van der Waals surface area contributed by atoms with Crippen molar-refractivity contribution in [3.63, 3.8) is 0 Å². The zero-order valence-electron chi connectivity index (χ0n) is 13.5. The lowest BCUT2D eigenvalue weighted by molar-refractivity contribution is -0.00510. The fourth-order valence-corrected chi connectivity index (χ4v) is 6.08. The van der Waals surface area contributed by atoms with Crippen LogP contribution in [0.5, 0.6) is 0 Å². The van der Waals surface area contributed by atoms with Crippen LogP contribution < -0.4 is 0 Å². The monoisotopic (exact) mass is 291 g/mol. The van der Waals surface area contributed by atoms with Gasteiger partial charge in [0, 0.05) is 19.5 Å². The number of hydrogen-bond donors (Lipinski definition) is 0. The summed E-state index contributed by atoms with van der Waals surface area (Å²) < 4.78 is 5.68. The first-order valence-corrected chi connectivity index (χ1v) is 8.98. The predicted octanol–water partition coefficient (Wildman–Crippen LogP) is 4.07. The van der Waals surface area contributed by atoms with E-state index in [1.807, 2.05) is 4.90 Å². The minimum atomic E-state index is -0.0380. The fourth-order valence-electron chi connectivity index (χ4n) is 6.08. The molecule has 4 aliphatic carbocycles. The molecule has 0 aromatic rings. The third-order valence-electron chi connectivity index (χ3n) is 6.56. The summed E-state index contributed by atoms with van der Waals surface area (Å²) in [5.74, 6) is 3.54. The fraction of sp³-hybridized carbons (Fsp3) is 0.944. The number of carbonyl (C=O) groups excluding carboxylic acids is 1. The Hall–Kier alpha value is -0.730. The van der Waals surface area contributed by atoms with Gasteiger partial charge in [0.05, 0.1) is 0 Å². The highest BCUT2D eigenvalue weighted by molar-refractivity contribution is 5.68. The van der Waals surface area contributed by atoms with Gasteiger partial charge in [-0.2, -0.15) is 0 Å². The molecule has 1 heterocycles.